The van der Waals surface area contributed by atoms with Crippen molar-refractivity contribution in [1.29, 1.82) is 0 Å². The van der Waals surface area contributed by atoms with Crippen molar-refractivity contribution in [3.63, 3.8) is 0 Å². The summed E-state index contributed by atoms with van der Waals surface area (Å²) in [5.74, 6) is 0.762. The van der Waals surface area contributed by atoms with Crippen LogP contribution in [0, 0.1) is 11.3 Å². The van der Waals surface area contributed by atoms with Gasteiger partial charge in [-0.25, -0.2) is 0 Å². The quantitative estimate of drug-likeness (QED) is 0.700. The Morgan fingerprint density at radius 2 is 2.25 bits per heavy atom. The number of rotatable bonds is 4. The highest BCUT2D eigenvalue weighted by Gasteiger charge is 2.34. The second-order valence-corrected chi connectivity index (χ2v) is 4.44. The summed E-state index contributed by atoms with van der Waals surface area (Å²) in [5, 5.41) is 0. The molecule has 1 fully saturated rings. The zero-order valence-corrected chi connectivity index (χ0v) is 8.31. The van der Waals surface area contributed by atoms with Crippen molar-refractivity contribution in [2.75, 3.05) is 19.8 Å². The van der Waals surface area contributed by atoms with E-state index < -0.39 is 0 Å². The molecule has 0 amide bonds. The van der Waals surface area contributed by atoms with Gasteiger partial charge in [-0.15, -0.1) is 0 Å². The fourth-order valence-electron chi connectivity index (χ4n) is 2.28. The van der Waals surface area contributed by atoms with Crippen molar-refractivity contribution in [3.8, 4) is 0 Å². The molecule has 0 aromatic rings. The van der Waals surface area contributed by atoms with E-state index in [1.807, 2.05) is 0 Å². The molecule has 1 unspecified atom stereocenters. The van der Waals surface area contributed by atoms with E-state index in [1.165, 1.54) is 12.8 Å². The SMILES string of the molecule is CC(C)CC1(CCN)CCOC1. The number of nitrogens with two attached hydrogens (primary N) is 1. The molecule has 2 N–H and O–H groups in total. The number of hydrogen-bond acceptors (Lipinski definition) is 2. The molecular weight excluding hydrogens is 150 g/mol. The number of hydrogen-bond donors (Lipinski definition) is 1. The van der Waals surface area contributed by atoms with Crippen LogP contribution in [0.4, 0.5) is 0 Å². The Hall–Kier alpha value is -0.0800. The van der Waals surface area contributed by atoms with Crippen LogP contribution in [0.15, 0.2) is 0 Å². The molecule has 1 aliphatic heterocycles. The van der Waals surface area contributed by atoms with E-state index >= 15 is 0 Å². The van der Waals surface area contributed by atoms with E-state index in [0.717, 1.165) is 32.1 Å². The lowest BCUT2D eigenvalue weighted by Gasteiger charge is -2.28. The molecule has 2 heteroatoms. The van der Waals surface area contributed by atoms with Gasteiger partial charge in [-0.3, -0.25) is 0 Å². The zero-order valence-electron chi connectivity index (χ0n) is 8.31. The first-order chi connectivity index (χ1) is 5.68. The van der Waals surface area contributed by atoms with E-state index in [2.05, 4.69) is 13.8 Å². The predicted molar refractivity (Wildman–Crippen MR) is 51.0 cm³/mol. The van der Waals surface area contributed by atoms with E-state index in [4.69, 9.17) is 10.5 Å². The Kier molecular flexibility index (Phi) is 3.53. The van der Waals surface area contributed by atoms with Gasteiger partial charge in [-0.2, -0.15) is 0 Å². The molecule has 0 aliphatic carbocycles. The van der Waals surface area contributed by atoms with E-state index in [9.17, 15) is 0 Å². The third-order valence-corrected chi connectivity index (χ3v) is 2.70. The zero-order chi connectivity index (χ0) is 9.03. The minimum absolute atomic E-state index is 0.420. The Morgan fingerprint density at radius 1 is 1.50 bits per heavy atom. The van der Waals surface area contributed by atoms with E-state index in [1.54, 1.807) is 0 Å². The first-order valence-corrected chi connectivity index (χ1v) is 4.96. The van der Waals surface area contributed by atoms with Crippen LogP contribution in [0.1, 0.15) is 33.1 Å². The van der Waals surface area contributed by atoms with Gasteiger partial charge in [0.05, 0.1) is 6.61 Å². The molecule has 0 aromatic carbocycles. The van der Waals surface area contributed by atoms with E-state index in [-0.39, 0.29) is 0 Å². The lowest BCUT2D eigenvalue weighted by molar-refractivity contribution is 0.131. The molecule has 0 bridgehead atoms. The molecule has 1 heterocycles. The van der Waals surface area contributed by atoms with Crippen LogP contribution in [-0.2, 0) is 4.74 Å². The summed E-state index contributed by atoms with van der Waals surface area (Å²) in [6.45, 7) is 7.22. The lowest BCUT2D eigenvalue weighted by Crippen LogP contribution is -2.26. The Morgan fingerprint density at radius 3 is 2.67 bits per heavy atom. The second kappa shape index (κ2) is 4.24. The van der Waals surface area contributed by atoms with E-state index in [0.29, 0.717) is 5.41 Å². The summed E-state index contributed by atoms with van der Waals surface area (Å²) in [6.07, 6.45) is 3.61. The van der Waals surface area contributed by atoms with Gasteiger partial charge in [0.25, 0.3) is 0 Å². The Labute approximate surface area is 75.5 Å². The normalized spacial score (nSPS) is 30.0. The van der Waals surface area contributed by atoms with Gasteiger partial charge in [0.15, 0.2) is 0 Å². The molecule has 12 heavy (non-hydrogen) atoms. The maximum Gasteiger partial charge on any atom is 0.0523 e. The Balaban J connectivity index is 2.46. The van der Waals surface area contributed by atoms with Crippen molar-refractivity contribution < 1.29 is 4.74 Å². The molecule has 2 nitrogen and oxygen atoms in total. The highest BCUT2D eigenvalue weighted by Crippen LogP contribution is 2.37. The smallest absolute Gasteiger partial charge is 0.0523 e. The lowest BCUT2D eigenvalue weighted by atomic mass is 9.77. The van der Waals surface area contributed by atoms with Crippen LogP contribution in [0.25, 0.3) is 0 Å². The fourth-order valence-corrected chi connectivity index (χ4v) is 2.28. The molecule has 1 rings (SSSR count). The molecule has 1 atom stereocenters. The van der Waals surface area contributed by atoms with Crippen molar-refractivity contribution in [2.24, 2.45) is 17.1 Å². The standard InChI is InChI=1S/C10H21NO/c1-9(2)7-10(3-5-11)4-6-12-8-10/h9H,3-8,11H2,1-2H3. The average molecular weight is 171 g/mol. The van der Waals surface area contributed by atoms with Crippen LogP contribution in [0.2, 0.25) is 0 Å². The first-order valence-electron chi connectivity index (χ1n) is 4.96. The summed E-state index contributed by atoms with van der Waals surface area (Å²) in [4.78, 5) is 0. The highest BCUT2D eigenvalue weighted by atomic mass is 16.5. The third-order valence-electron chi connectivity index (χ3n) is 2.70. The molecule has 1 aliphatic rings. The minimum Gasteiger partial charge on any atom is -0.381 e. The second-order valence-electron chi connectivity index (χ2n) is 4.44. The third kappa shape index (κ3) is 2.46. The first kappa shape index (κ1) is 10.0. The van der Waals surface area contributed by atoms with Crippen LogP contribution in [0.3, 0.4) is 0 Å². The van der Waals surface area contributed by atoms with Gasteiger partial charge in [0, 0.05) is 6.61 Å². The molecule has 0 radical (unpaired) electrons. The van der Waals surface area contributed by atoms with Crippen molar-refractivity contribution in [2.45, 2.75) is 33.1 Å². The topological polar surface area (TPSA) is 35.2 Å². The van der Waals surface area contributed by atoms with Gasteiger partial charge in [0.2, 0.25) is 0 Å². The predicted octanol–water partition coefficient (Wildman–Crippen LogP) is 1.79. The number of ether oxygens (including phenoxy) is 1. The summed E-state index contributed by atoms with van der Waals surface area (Å²) in [6, 6.07) is 0. The molecule has 0 spiro atoms. The van der Waals surface area contributed by atoms with Crippen LogP contribution >= 0.6 is 0 Å². The molecule has 72 valence electrons. The van der Waals surface area contributed by atoms with Crippen LogP contribution in [-0.4, -0.2) is 19.8 Å². The van der Waals surface area contributed by atoms with Gasteiger partial charge in [0.1, 0.15) is 0 Å². The summed E-state index contributed by atoms with van der Waals surface area (Å²) < 4.78 is 5.46. The monoisotopic (exact) mass is 171 g/mol. The van der Waals surface area contributed by atoms with Crippen molar-refractivity contribution in [3.05, 3.63) is 0 Å². The van der Waals surface area contributed by atoms with Gasteiger partial charge >= 0.3 is 0 Å². The largest absolute Gasteiger partial charge is 0.381 e. The Bertz CT molecular complexity index is 128. The molecule has 1 saturated heterocycles. The molecule has 0 saturated carbocycles. The minimum atomic E-state index is 0.420. The van der Waals surface area contributed by atoms with Crippen molar-refractivity contribution >= 4 is 0 Å². The van der Waals surface area contributed by atoms with Crippen LogP contribution in [0.5, 0.6) is 0 Å². The highest BCUT2D eigenvalue weighted by molar-refractivity contribution is 4.84. The molecule has 0 aromatic heterocycles. The molecular formula is C10H21NO. The van der Waals surface area contributed by atoms with Gasteiger partial charge in [-0.1, -0.05) is 13.8 Å². The summed E-state index contributed by atoms with van der Waals surface area (Å²) in [7, 11) is 0. The average Bonchev–Trinajstić information content (AvgIpc) is 2.36. The van der Waals surface area contributed by atoms with Crippen molar-refractivity contribution in [1.82, 2.24) is 0 Å². The maximum absolute atomic E-state index is 5.61. The fraction of sp³-hybridized carbons (Fsp3) is 1.00. The maximum atomic E-state index is 5.61. The summed E-state index contributed by atoms with van der Waals surface area (Å²) >= 11 is 0. The van der Waals surface area contributed by atoms with Gasteiger partial charge < -0.3 is 10.5 Å². The van der Waals surface area contributed by atoms with Gasteiger partial charge in [-0.05, 0) is 37.1 Å². The summed E-state index contributed by atoms with van der Waals surface area (Å²) in [5.41, 5.74) is 6.03. The van der Waals surface area contributed by atoms with Crippen LogP contribution < -0.4 is 5.73 Å².